The van der Waals surface area contributed by atoms with Crippen LogP contribution < -0.4 is 9.62 Å². The second-order valence-corrected chi connectivity index (χ2v) is 13.3. The Bertz CT molecular complexity index is 1630. The van der Waals surface area contributed by atoms with Crippen molar-refractivity contribution in [2.45, 2.75) is 55.6 Å². The van der Waals surface area contributed by atoms with E-state index in [2.05, 4.69) is 5.32 Å². The highest BCUT2D eigenvalue weighted by molar-refractivity contribution is 7.92. The lowest BCUT2D eigenvalue weighted by Gasteiger charge is -2.34. The number of sulfonamides is 1. The highest BCUT2D eigenvalue weighted by atomic mass is 35.5. The second-order valence-electron chi connectivity index (χ2n) is 11.0. The minimum Gasteiger partial charge on any atom is -0.352 e. The average molecular weight is 630 g/mol. The van der Waals surface area contributed by atoms with E-state index in [0.29, 0.717) is 10.7 Å². The monoisotopic (exact) mass is 629 g/mol. The molecule has 44 heavy (non-hydrogen) atoms. The number of carbonyl (C=O) groups is 2. The molecule has 1 atom stereocenters. The van der Waals surface area contributed by atoms with Crippen LogP contribution in [0.2, 0.25) is 5.02 Å². The Labute approximate surface area is 264 Å². The van der Waals surface area contributed by atoms with Crippen LogP contribution >= 0.6 is 11.6 Å². The number of hydrogen-bond acceptors (Lipinski definition) is 4. The van der Waals surface area contributed by atoms with Gasteiger partial charge in [-0.15, -0.1) is 0 Å². The Morgan fingerprint density at radius 2 is 1.32 bits per heavy atom. The summed E-state index contributed by atoms with van der Waals surface area (Å²) in [5.41, 5.74) is 2.07. The molecule has 5 rings (SSSR count). The summed E-state index contributed by atoms with van der Waals surface area (Å²) < 4.78 is 29.1. The first-order valence-corrected chi connectivity index (χ1v) is 16.6. The molecule has 1 fully saturated rings. The fourth-order valence-corrected chi connectivity index (χ4v) is 7.10. The first kappa shape index (κ1) is 31.3. The van der Waals surface area contributed by atoms with Gasteiger partial charge < -0.3 is 10.2 Å². The molecule has 228 valence electrons. The maximum Gasteiger partial charge on any atom is 0.264 e. The molecule has 0 bridgehead atoms. The van der Waals surface area contributed by atoms with Gasteiger partial charge in [-0.1, -0.05) is 103 Å². The molecule has 0 spiro atoms. The number of halogens is 1. The molecule has 0 saturated heterocycles. The lowest BCUT2D eigenvalue weighted by atomic mass is 10.0. The predicted molar refractivity (Wildman–Crippen MR) is 174 cm³/mol. The highest BCUT2D eigenvalue weighted by Crippen LogP contribution is 2.26. The summed E-state index contributed by atoms with van der Waals surface area (Å²) in [7, 11) is -4.17. The van der Waals surface area contributed by atoms with E-state index in [1.54, 1.807) is 30.3 Å². The second kappa shape index (κ2) is 14.6. The Balaban J connectivity index is 1.54. The molecule has 0 heterocycles. The van der Waals surface area contributed by atoms with Gasteiger partial charge in [0, 0.05) is 24.0 Å². The number of nitrogens with one attached hydrogen (secondary N) is 1. The Morgan fingerprint density at radius 3 is 1.91 bits per heavy atom. The number of amides is 2. The van der Waals surface area contributed by atoms with Gasteiger partial charge in [-0.05, 0) is 60.4 Å². The summed E-state index contributed by atoms with van der Waals surface area (Å²) in [6, 6.07) is 32.6. The maximum absolute atomic E-state index is 14.5. The summed E-state index contributed by atoms with van der Waals surface area (Å²) in [6.45, 7) is -0.358. The van der Waals surface area contributed by atoms with Crippen molar-refractivity contribution < 1.29 is 18.0 Å². The number of anilines is 1. The van der Waals surface area contributed by atoms with Crippen LogP contribution in [-0.4, -0.2) is 43.8 Å². The number of rotatable bonds is 12. The van der Waals surface area contributed by atoms with Crippen molar-refractivity contribution in [2.75, 3.05) is 10.8 Å². The third-order valence-electron chi connectivity index (χ3n) is 7.89. The fourth-order valence-electron chi connectivity index (χ4n) is 5.56. The summed E-state index contributed by atoms with van der Waals surface area (Å²) >= 11 is 6.05. The number of benzene rings is 4. The van der Waals surface area contributed by atoms with Crippen molar-refractivity contribution >= 4 is 39.1 Å². The van der Waals surface area contributed by atoms with Gasteiger partial charge in [0.15, 0.2) is 0 Å². The van der Waals surface area contributed by atoms with Crippen LogP contribution in [0.1, 0.15) is 36.8 Å². The molecule has 0 aliphatic heterocycles. The largest absolute Gasteiger partial charge is 0.352 e. The number of carbonyl (C=O) groups excluding carboxylic acids is 2. The highest BCUT2D eigenvalue weighted by Gasteiger charge is 2.35. The van der Waals surface area contributed by atoms with Gasteiger partial charge in [0.05, 0.1) is 10.6 Å². The van der Waals surface area contributed by atoms with Crippen LogP contribution in [0, 0.1) is 0 Å². The number of nitrogens with zero attached hydrogens (tertiary/aromatic N) is 2. The fraction of sp³-hybridized carbons (Fsp3) is 0.257. The third kappa shape index (κ3) is 7.87. The quantitative estimate of drug-likeness (QED) is 0.201. The van der Waals surface area contributed by atoms with Crippen LogP contribution in [0.15, 0.2) is 120 Å². The number of para-hydroxylation sites is 1. The Hall–Kier alpha value is -4.14. The molecular formula is C35H36ClN3O4S. The van der Waals surface area contributed by atoms with Crippen LogP contribution in [0.5, 0.6) is 0 Å². The van der Waals surface area contributed by atoms with Gasteiger partial charge in [-0.3, -0.25) is 13.9 Å². The average Bonchev–Trinajstić information content (AvgIpc) is 3.56. The standard InChI is InChI=1S/C35H36ClN3O4S/c36-29-20-22-32(23-21-29)44(42,43)39(31-18-8-3-9-19-31)26-34(40)38(25-28-14-6-2-7-15-28)33(24-27-12-4-1-5-13-27)35(41)37-30-16-10-11-17-30/h1-9,12-15,18-23,30,33H,10-11,16-17,24-26H2,(H,37,41)/t33-/m1/s1. The van der Waals surface area contributed by atoms with E-state index in [4.69, 9.17) is 11.6 Å². The zero-order valence-electron chi connectivity index (χ0n) is 24.4. The molecule has 1 saturated carbocycles. The SMILES string of the molecule is O=C(NC1CCCC1)[C@@H](Cc1ccccc1)N(Cc1ccccc1)C(=O)CN(c1ccccc1)S(=O)(=O)c1ccc(Cl)cc1. The minimum absolute atomic E-state index is 0.00738. The molecule has 0 unspecified atom stereocenters. The van der Waals surface area contributed by atoms with Crippen LogP contribution in [0.4, 0.5) is 5.69 Å². The van der Waals surface area contributed by atoms with Crippen LogP contribution in [0.25, 0.3) is 0 Å². The first-order chi connectivity index (χ1) is 21.3. The van der Waals surface area contributed by atoms with Crippen molar-refractivity contribution in [3.63, 3.8) is 0 Å². The Morgan fingerprint density at radius 1 is 0.773 bits per heavy atom. The van der Waals surface area contributed by atoms with E-state index in [0.717, 1.165) is 41.1 Å². The van der Waals surface area contributed by atoms with E-state index >= 15 is 0 Å². The molecule has 2 amide bonds. The predicted octanol–water partition coefficient (Wildman–Crippen LogP) is 6.23. The summed E-state index contributed by atoms with van der Waals surface area (Å²) in [6.07, 6.45) is 4.19. The number of hydrogen-bond donors (Lipinski definition) is 1. The van der Waals surface area contributed by atoms with Gasteiger partial charge in [0.25, 0.3) is 10.0 Å². The smallest absolute Gasteiger partial charge is 0.264 e. The molecule has 7 nitrogen and oxygen atoms in total. The van der Waals surface area contributed by atoms with Gasteiger partial charge in [0.1, 0.15) is 12.6 Å². The molecule has 1 N–H and O–H groups in total. The molecular weight excluding hydrogens is 594 g/mol. The zero-order valence-corrected chi connectivity index (χ0v) is 26.0. The van der Waals surface area contributed by atoms with E-state index in [1.165, 1.54) is 29.2 Å². The van der Waals surface area contributed by atoms with Crippen molar-refractivity contribution in [1.29, 1.82) is 0 Å². The topological polar surface area (TPSA) is 86.8 Å². The zero-order chi connectivity index (χ0) is 30.9. The molecule has 0 radical (unpaired) electrons. The minimum atomic E-state index is -4.17. The molecule has 1 aliphatic carbocycles. The van der Waals surface area contributed by atoms with Crippen LogP contribution in [0.3, 0.4) is 0 Å². The molecule has 1 aliphatic rings. The molecule has 9 heteroatoms. The normalized spacial score (nSPS) is 14.1. The molecule has 4 aromatic carbocycles. The van der Waals surface area contributed by atoms with Gasteiger partial charge in [-0.2, -0.15) is 0 Å². The van der Waals surface area contributed by atoms with E-state index in [9.17, 15) is 18.0 Å². The summed E-state index contributed by atoms with van der Waals surface area (Å²) in [4.78, 5) is 30.0. The van der Waals surface area contributed by atoms with Crippen LogP contribution in [-0.2, 0) is 32.6 Å². The summed E-state index contributed by atoms with van der Waals surface area (Å²) in [5.74, 6) is -0.727. The third-order valence-corrected chi connectivity index (χ3v) is 9.93. The first-order valence-electron chi connectivity index (χ1n) is 14.8. The van der Waals surface area contributed by atoms with Crippen molar-refractivity contribution in [1.82, 2.24) is 10.2 Å². The van der Waals surface area contributed by atoms with Crippen molar-refractivity contribution in [3.8, 4) is 0 Å². The van der Waals surface area contributed by atoms with Crippen molar-refractivity contribution in [3.05, 3.63) is 131 Å². The van der Waals surface area contributed by atoms with Gasteiger partial charge >= 0.3 is 0 Å². The van der Waals surface area contributed by atoms with Gasteiger partial charge in [-0.25, -0.2) is 8.42 Å². The maximum atomic E-state index is 14.5. The Kier molecular flexibility index (Phi) is 10.4. The van der Waals surface area contributed by atoms with Gasteiger partial charge in [0.2, 0.25) is 11.8 Å². The lowest BCUT2D eigenvalue weighted by Crippen LogP contribution is -2.54. The van der Waals surface area contributed by atoms with E-state index in [-0.39, 0.29) is 29.8 Å². The van der Waals surface area contributed by atoms with E-state index < -0.39 is 28.5 Å². The lowest BCUT2D eigenvalue weighted by molar-refractivity contribution is -0.140. The van der Waals surface area contributed by atoms with E-state index in [1.807, 2.05) is 60.7 Å². The molecule has 0 aromatic heterocycles. The van der Waals surface area contributed by atoms with Crippen molar-refractivity contribution in [2.24, 2.45) is 0 Å². The molecule has 4 aromatic rings. The summed E-state index contributed by atoms with van der Waals surface area (Å²) in [5, 5.41) is 3.59.